The van der Waals surface area contributed by atoms with E-state index < -0.39 is 23.5 Å². The van der Waals surface area contributed by atoms with Crippen molar-refractivity contribution in [1.29, 1.82) is 0 Å². The van der Waals surface area contributed by atoms with E-state index in [1.54, 1.807) is 42.5 Å². The Morgan fingerprint density at radius 2 is 1.74 bits per heavy atom. The number of aromatic nitrogens is 3. The van der Waals surface area contributed by atoms with Crippen molar-refractivity contribution in [3.63, 3.8) is 0 Å². The van der Waals surface area contributed by atoms with Crippen molar-refractivity contribution in [2.45, 2.75) is 25.9 Å². The molecule has 0 atom stereocenters. The van der Waals surface area contributed by atoms with E-state index in [-0.39, 0.29) is 23.1 Å². The van der Waals surface area contributed by atoms with E-state index in [4.69, 9.17) is 10.6 Å². The first-order valence-electron chi connectivity index (χ1n) is 10.3. The number of hydrogen-bond donors (Lipinski definition) is 1. The van der Waals surface area contributed by atoms with Gasteiger partial charge in [0.25, 0.3) is 0 Å². The van der Waals surface area contributed by atoms with Gasteiger partial charge in [-0.15, -0.1) is 0 Å². The summed E-state index contributed by atoms with van der Waals surface area (Å²) < 4.78 is 41.9. The second-order valence-electron chi connectivity index (χ2n) is 7.82. The number of halogens is 3. The Balaban J connectivity index is 1.70. The van der Waals surface area contributed by atoms with E-state index in [1.165, 1.54) is 0 Å². The van der Waals surface area contributed by atoms with Crippen LogP contribution >= 0.6 is 0 Å². The first-order chi connectivity index (χ1) is 16.1. The normalized spacial score (nSPS) is 12.4. The van der Waals surface area contributed by atoms with Gasteiger partial charge in [-0.25, -0.2) is 14.3 Å². The molecule has 10 heteroatoms. The molecule has 7 nitrogen and oxygen atoms in total. The Bertz CT molecular complexity index is 1360. The van der Waals surface area contributed by atoms with Crippen molar-refractivity contribution >= 4 is 17.5 Å². The van der Waals surface area contributed by atoms with Gasteiger partial charge >= 0.3 is 12.1 Å². The predicted molar refractivity (Wildman–Crippen MR) is 120 cm³/mol. The fourth-order valence-corrected chi connectivity index (χ4v) is 3.26. The lowest BCUT2D eigenvalue weighted by Gasteiger charge is -2.11. The molecule has 34 heavy (non-hydrogen) atoms. The third kappa shape index (κ3) is 4.75. The van der Waals surface area contributed by atoms with Gasteiger partial charge in [0, 0.05) is 17.2 Å². The Kier molecular flexibility index (Phi) is 6.06. The summed E-state index contributed by atoms with van der Waals surface area (Å²) in [5.74, 6) is -0.864. The van der Waals surface area contributed by atoms with Crippen LogP contribution in [0, 0.1) is 0 Å². The Morgan fingerprint density at radius 1 is 1.06 bits per heavy atom. The number of carbonyl (C=O) groups excluding carboxylic acids is 1. The van der Waals surface area contributed by atoms with Crippen molar-refractivity contribution in [3.8, 4) is 11.3 Å². The van der Waals surface area contributed by atoms with Gasteiger partial charge in [0.2, 0.25) is 0 Å². The minimum atomic E-state index is -4.74. The van der Waals surface area contributed by atoms with Crippen molar-refractivity contribution in [2.24, 2.45) is 10.9 Å². The van der Waals surface area contributed by atoms with Gasteiger partial charge in [0.05, 0.1) is 5.69 Å². The third-order valence-corrected chi connectivity index (χ3v) is 5.10. The van der Waals surface area contributed by atoms with E-state index in [0.29, 0.717) is 15.6 Å². The molecular weight excluding hydrogens is 447 g/mol. The van der Waals surface area contributed by atoms with Gasteiger partial charge in [-0.3, -0.25) is 0 Å². The standard InChI is InChI=1S/C24H20F3N5O2/c1-14(2)15-8-10-16(11-9-15)18-12-20(24(25,26)27)32-21(29-18)13-19(30-32)23(33)34-31-22(28)17-6-4-3-5-7-17/h3-14H,1-2H3,(H2,28,31). The van der Waals surface area contributed by atoms with Crippen molar-refractivity contribution in [2.75, 3.05) is 0 Å². The maximum absolute atomic E-state index is 13.8. The summed E-state index contributed by atoms with van der Waals surface area (Å²) in [6.45, 7) is 4.04. The lowest BCUT2D eigenvalue weighted by molar-refractivity contribution is -0.142. The highest BCUT2D eigenvalue weighted by atomic mass is 19.4. The molecule has 0 bridgehead atoms. The zero-order valence-electron chi connectivity index (χ0n) is 18.2. The largest absolute Gasteiger partial charge is 0.433 e. The predicted octanol–water partition coefficient (Wildman–Crippen LogP) is 5.02. The van der Waals surface area contributed by atoms with Crippen LogP contribution in [0.2, 0.25) is 0 Å². The van der Waals surface area contributed by atoms with Gasteiger partial charge in [0.1, 0.15) is 0 Å². The number of carbonyl (C=O) groups is 1. The molecule has 0 unspecified atom stereocenters. The lowest BCUT2D eigenvalue weighted by Crippen LogP contribution is -2.16. The SMILES string of the molecule is CC(C)c1ccc(-c2cc(C(F)(F)F)n3nc(C(=O)O/N=C(\N)c4ccccc4)cc3n2)cc1. The number of oxime groups is 1. The van der Waals surface area contributed by atoms with Gasteiger partial charge in [0.15, 0.2) is 22.9 Å². The molecule has 0 aliphatic rings. The molecule has 2 aromatic carbocycles. The minimum Gasteiger partial charge on any atom is -0.380 e. The molecule has 0 amide bonds. The maximum atomic E-state index is 13.8. The molecule has 0 saturated carbocycles. The van der Waals surface area contributed by atoms with Gasteiger partial charge in [-0.2, -0.15) is 18.3 Å². The average Bonchev–Trinajstić information content (AvgIpc) is 3.26. The average molecular weight is 467 g/mol. The number of amidine groups is 1. The third-order valence-electron chi connectivity index (χ3n) is 5.10. The summed E-state index contributed by atoms with van der Waals surface area (Å²) in [4.78, 5) is 21.5. The summed E-state index contributed by atoms with van der Waals surface area (Å²) in [7, 11) is 0. The molecule has 0 saturated heterocycles. The number of benzene rings is 2. The Labute approximate surface area is 192 Å². The Morgan fingerprint density at radius 3 is 2.35 bits per heavy atom. The smallest absolute Gasteiger partial charge is 0.380 e. The number of hydrogen-bond acceptors (Lipinski definition) is 5. The molecule has 0 radical (unpaired) electrons. The second kappa shape index (κ2) is 8.97. The monoisotopic (exact) mass is 467 g/mol. The molecule has 4 rings (SSSR count). The van der Waals surface area contributed by atoms with Crippen molar-refractivity contribution in [1.82, 2.24) is 14.6 Å². The molecule has 2 N–H and O–H groups in total. The van der Waals surface area contributed by atoms with Crippen LogP contribution in [0.4, 0.5) is 13.2 Å². The molecule has 0 spiro atoms. The van der Waals surface area contributed by atoms with E-state index in [1.807, 2.05) is 26.0 Å². The highest BCUT2D eigenvalue weighted by molar-refractivity contribution is 5.98. The van der Waals surface area contributed by atoms with Crippen molar-refractivity contribution < 1.29 is 22.8 Å². The first kappa shape index (κ1) is 23.0. The highest BCUT2D eigenvalue weighted by Crippen LogP contribution is 2.32. The van der Waals surface area contributed by atoms with Crippen LogP contribution in [0.15, 0.2) is 71.9 Å². The van der Waals surface area contributed by atoms with Gasteiger partial charge in [-0.1, -0.05) is 73.6 Å². The fraction of sp³-hybridized carbons (Fsp3) is 0.167. The van der Waals surface area contributed by atoms with Crippen LogP contribution in [0.5, 0.6) is 0 Å². The first-order valence-corrected chi connectivity index (χ1v) is 10.3. The Hall–Kier alpha value is -4.21. The van der Waals surface area contributed by atoms with Crippen LogP contribution in [-0.2, 0) is 11.0 Å². The summed E-state index contributed by atoms with van der Waals surface area (Å²) in [5, 5.41) is 7.30. The molecule has 2 heterocycles. The van der Waals surface area contributed by atoms with E-state index >= 15 is 0 Å². The zero-order chi connectivity index (χ0) is 24.5. The summed E-state index contributed by atoms with van der Waals surface area (Å²) in [6, 6.07) is 17.6. The fourth-order valence-electron chi connectivity index (χ4n) is 3.26. The number of alkyl halides is 3. The van der Waals surface area contributed by atoms with Crippen LogP contribution in [-0.4, -0.2) is 26.4 Å². The molecule has 4 aromatic rings. The summed E-state index contributed by atoms with van der Waals surface area (Å²) in [6.07, 6.45) is -4.74. The number of nitrogens with zero attached hydrogens (tertiary/aromatic N) is 4. The maximum Gasteiger partial charge on any atom is 0.433 e. The molecule has 174 valence electrons. The van der Waals surface area contributed by atoms with Crippen LogP contribution in [0.25, 0.3) is 16.9 Å². The summed E-state index contributed by atoms with van der Waals surface area (Å²) in [5.41, 5.74) is 6.31. The number of nitrogens with two attached hydrogens (primary N) is 1. The van der Waals surface area contributed by atoms with E-state index in [2.05, 4.69) is 15.2 Å². The molecular formula is C24H20F3N5O2. The molecule has 0 aliphatic heterocycles. The quantitative estimate of drug-likeness (QED) is 0.193. The molecule has 0 aliphatic carbocycles. The van der Waals surface area contributed by atoms with E-state index in [9.17, 15) is 18.0 Å². The zero-order valence-corrected chi connectivity index (χ0v) is 18.2. The number of rotatable bonds is 5. The highest BCUT2D eigenvalue weighted by Gasteiger charge is 2.35. The number of fused-ring (bicyclic) bond motifs is 1. The topological polar surface area (TPSA) is 94.9 Å². The van der Waals surface area contributed by atoms with Gasteiger partial charge in [-0.05, 0) is 17.5 Å². The minimum absolute atomic E-state index is 0.0704. The second-order valence-corrected chi connectivity index (χ2v) is 7.82. The van der Waals surface area contributed by atoms with Crippen LogP contribution in [0.1, 0.15) is 47.1 Å². The van der Waals surface area contributed by atoms with Crippen LogP contribution < -0.4 is 5.73 Å². The van der Waals surface area contributed by atoms with Crippen LogP contribution in [0.3, 0.4) is 0 Å². The van der Waals surface area contributed by atoms with E-state index in [0.717, 1.165) is 17.7 Å². The summed E-state index contributed by atoms with van der Waals surface area (Å²) >= 11 is 0. The molecule has 2 aromatic heterocycles. The van der Waals surface area contributed by atoms with Gasteiger partial charge < -0.3 is 10.6 Å². The molecule has 0 fully saturated rings. The lowest BCUT2D eigenvalue weighted by atomic mass is 10.0. The van der Waals surface area contributed by atoms with Crippen molar-refractivity contribution in [3.05, 3.63) is 89.2 Å².